The van der Waals surface area contributed by atoms with E-state index in [0.29, 0.717) is 9.54 Å². The van der Waals surface area contributed by atoms with Gasteiger partial charge in [0.15, 0.2) is 0 Å². The van der Waals surface area contributed by atoms with Crippen LogP contribution in [0.4, 0.5) is 0 Å². The van der Waals surface area contributed by atoms with Crippen LogP contribution in [0, 0.1) is 11.3 Å². The molecule has 1 atom stereocenters. The van der Waals surface area contributed by atoms with Gasteiger partial charge in [0.05, 0.1) is 0 Å². The predicted molar refractivity (Wildman–Crippen MR) is 207 cm³/mol. The molecule has 1 unspecified atom stereocenters. The molecule has 0 saturated carbocycles. The Morgan fingerprint density at radius 1 is 0.600 bits per heavy atom. The van der Waals surface area contributed by atoms with Crippen molar-refractivity contribution >= 4 is 26.4 Å². The Balaban J connectivity index is 0.00000281. The average Bonchev–Trinajstić information content (AvgIpc) is 3.59. The van der Waals surface area contributed by atoms with Gasteiger partial charge in [-0.25, -0.2) is 0 Å². The van der Waals surface area contributed by atoms with Crippen LogP contribution in [0.2, 0.25) is 10.0 Å². The van der Waals surface area contributed by atoms with Crippen LogP contribution in [0.5, 0.6) is 0 Å². The molecule has 0 radical (unpaired) electrons. The van der Waals surface area contributed by atoms with Crippen LogP contribution in [0.3, 0.4) is 0 Å². The van der Waals surface area contributed by atoms with E-state index in [2.05, 4.69) is 166 Å². The van der Waals surface area contributed by atoms with E-state index in [1.807, 2.05) is 0 Å². The van der Waals surface area contributed by atoms with Gasteiger partial charge >= 0.3 is 310 Å². The number of rotatable bonds is 5. The van der Waals surface area contributed by atoms with Crippen LogP contribution >= 0.6 is 23.2 Å². The first-order valence-corrected chi connectivity index (χ1v) is 22.1. The Kier molecular flexibility index (Phi) is 12.6. The second-order valence-corrected chi connectivity index (χ2v) is 23.8. The normalized spacial score (nSPS) is 15.5. The minimum atomic E-state index is -3.01. The number of benzene rings is 4. The topological polar surface area (TPSA) is 0 Å². The molecular weight excluding hydrogens is 774 g/mol. The summed E-state index contributed by atoms with van der Waals surface area (Å²) in [6.45, 7) is 23.5. The molecule has 0 fully saturated rings. The van der Waals surface area contributed by atoms with Gasteiger partial charge < -0.3 is 24.8 Å². The minimum Gasteiger partial charge on any atom is -1.00 e. The number of hydrogen-bond donors (Lipinski definition) is 0. The van der Waals surface area contributed by atoms with Crippen LogP contribution in [-0.4, -0.2) is 3.21 Å². The molecule has 262 valence electrons. The zero-order valence-electron chi connectivity index (χ0n) is 31.1. The summed E-state index contributed by atoms with van der Waals surface area (Å²) in [4.78, 5) is 0. The fourth-order valence-corrected chi connectivity index (χ4v) is 17.4. The van der Waals surface area contributed by atoms with Crippen LogP contribution < -0.4 is 24.8 Å². The van der Waals surface area contributed by atoms with E-state index in [-0.39, 0.29) is 41.1 Å². The molecule has 2 aliphatic carbocycles. The molecule has 0 aromatic heterocycles. The van der Waals surface area contributed by atoms with Crippen molar-refractivity contribution in [1.29, 1.82) is 0 Å². The number of hydrogen-bond acceptors (Lipinski definition) is 0. The quantitative estimate of drug-likeness (QED) is 0.197. The molecule has 0 saturated heterocycles. The average molecular weight is 824 g/mol. The summed E-state index contributed by atoms with van der Waals surface area (Å²) in [5.74, 6) is 0.423. The van der Waals surface area contributed by atoms with Crippen molar-refractivity contribution < 1.29 is 46.1 Å². The van der Waals surface area contributed by atoms with Crippen LogP contribution in [0.25, 0.3) is 11.1 Å². The van der Waals surface area contributed by atoms with E-state index in [9.17, 15) is 0 Å². The molecule has 2 aliphatic rings. The third-order valence-electron chi connectivity index (χ3n) is 10.3. The monoisotopic (exact) mass is 820 g/mol. The van der Waals surface area contributed by atoms with Gasteiger partial charge in [0.1, 0.15) is 0 Å². The smallest absolute Gasteiger partial charge is 1.00 e. The molecule has 6 rings (SSSR count). The molecule has 0 aliphatic heterocycles. The van der Waals surface area contributed by atoms with Crippen molar-refractivity contribution in [2.24, 2.45) is 11.3 Å². The van der Waals surface area contributed by atoms with Crippen molar-refractivity contribution in [2.75, 3.05) is 0 Å². The van der Waals surface area contributed by atoms with Gasteiger partial charge in [-0.05, 0) is 0 Å². The Bertz CT molecular complexity index is 1850. The van der Waals surface area contributed by atoms with Gasteiger partial charge in [-0.1, -0.05) is 0 Å². The van der Waals surface area contributed by atoms with E-state index < -0.39 is 21.3 Å². The summed E-state index contributed by atoms with van der Waals surface area (Å²) in [6, 6.07) is 32.1. The molecule has 0 N–H and O–H groups in total. The summed E-state index contributed by atoms with van der Waals surface area (Å²) in [5.41, 5.74) is 12.9. The van der Waals surface area contributed by atoms with E-state index in [1.165, 1.54) is 53.3 Å². The Morgan fingerprint density at radius 3 is 1.38 bits per heavy atom. The van der Waals surface area contributed by atoms with Crippen molar-refractivity contribution in [3.05, 3.63) is 149 Å². The fraction of sp³-hybridized carbons (Fsp3) is 0.356. The summed E-state index contributed by atoms with van der Waals surface area (Å²) in [6.07, 6.45) is 6.35. The maximum atomic E-state index is 6.56. The van der Waals surface area contributed by atoms with Gasteiger partial charge in [0.25, 0.3) is 0 Å². The van der Waals surface area contributed by atoms with Gasteiger partial charge in [0.2, 0.25) is 0 Å². The number of allylic oxidation sites excluding steroid dienone is 4. The summed E-state index contributed by atoms with van der Waals surface area (Å²) < 4.78 is 3.53. The molecule has 50 heavy (non-hydrogen) atoms. The molecule has 0 heterocycles. The second kappa shape index (κ2) is 15.3. The van der Waals surface area contributed by atoms with Gasteiger partial charge in [0, 0.05) is 0 Å². The van der Waals surface area contributed by atoms with Crippen LogP contribution in [0.1, 0.15) is 113 Å². The Hall–Kier alpha value is -1.73. The van der Waals surface area contributed by atoms with E-state index in [1.54, 1.807) is 3.28 Å². The number of fused-ring (bicyclic) bond motifs is 3. The van der Waals surface area contributed by atoms with E-state index in [0.717, 1.165) is 16.5 Å². The van der Waals surface area contributed by atoms with Gasteiger partial charge in [-0.15, -0.1) is 0 Å². The molecule has 4 aromatic rings. The first-order chi connectivity index (χ1) is 22.5. The van der Waals surface area contributed by atoms with Gasteiger partial charge in [-0.3, -0.25) is 0 Å². The minimum absolute atomic E-state index is 0. The predicted octanol–water partition coefficient (Wildman–Crippen LogP) is 7.45. The molecule has 0 bridgehead atoms. The zero-order valence-corrected chi connectivity index (χ0v) is 36.6. The summed E-state index contributed by atoms with van der Waals surface area (Å²) in [7, 11) is 0. The molecular formula is C45H50Cl4Zr. The van der Waals surface area contributed by atoms with E-state index >= 15 is 0 Å². The summed E-state index contributed by atoms with van der Waals surface area (Å²) >= 11 is 10.1. The van der Waals surface area contributed by atoms with E-state index in [4.69, 9.17) is 23.2 Å². The molecule has 5 heteroatoms. The Morgan fingerprint density at radius 2 is 1.02 bits per heavy atom. The maximum Gasteiger partial charge on any atom is -1.00 e. The Labute approximate surface area is 331 Å². The number of halogens is 4. The summed E-state index contributed by atoms with van der Waals surface area (Å²) in [5, 5.41) is 1.53. The van der Waals surface area contributed by atoms with Gasteiger partial charge in [-0.2, -0.15) is 0 Å². The standard InChI is InChI=1S/C21H25.C13H8Cl2.C11H17.2ClH.Zr/c1-20(2,3)16-7-9-18-14(12-16)11-15-13-17(21(4,5)6)8-10-19(15)18;14-12-5-1-10(2-6-12)9-11-3-7-13(15)8-4-11;1-5-9-6-7-10(8-9)11(2,3)4;;;/h7-13H,1-6H3;1-8H;7-9H,5H2,1-4H3;2*1H;/q;;;;;+2/p-2. The van der Waals surface area contributed by atoms with Crippen LogP contribution in [0.15, 0.2) is 106 Å². The molecule has 4 aromatic carbocycles. The fourth-order valence-electron chi connectivity index (χ4n) is 7.38. The third-order valence-corrected chi connectivity index (χ3v) is 19.3. The maximum absolute atomic E-state index is 6.56. The SMILES string of the molecule is CCC1C=C(C(C)(C)C)C=[C]1[Zr+2](=[C](c1ccc(Cl)cc1)c1ccc(Cl)cc1)[CH]1c2cc(C(C)(C)C)ccc2-c2ccc(C(C)(C)C)cc21.[Cl-].[Cl-]. The molecule has 0 spiro atoms. The third kappa shape index (κ3) is 8.09. The van der Waals surface area contributed by atoms with Crippen molar-refractivity contribution in [3.63, 3.8) is 0 Å². The molecule has 0 nitrogen and oxygen atoms in total. The first kappa shape index (κ1) is 41.0. The van der Waals surface area contributed by atoms with Crippen LogP contribution in [-0.2, 0) is 32.1 Å². The first-order valence-electron chi connectivity index (χ1n) is 17.5. The van der Waals surface area contributed by atoms with Crippen molar-refractivity contribution in [2.45, 2.75) is 90.1 Å². The second-order valence-electron chi connectivity index (χ2n) is 16.8. The zero-order chi connectivity index (χ0) is 34.8. The van der Waals surface area contributed by atoms with Crippen molar-refractivity contribution in [1.82, 2.24) is 0 Å². The molecule has 0 amide bonds. The largest absolute Gasteiger partial charge is 1.00 e. The van der Waals surface area contributed by atoms with Crippen molar-refractivity contribution in [3.8, 4) is 11.1 Å².